The van der Waals surface area contributed by atoms with Crippen molar-refractivity contribution in [1.29, 1.82) is 0 Å². The molecule has 3 rings (SSSR count). The molecule has 2 N–H and O–H groups in total. The molecule has 0 radical (unpaired) electrons. The summed E-state index contributed by atoms with van der Waals surface area (Å²) in [5, 5.41) is 6.50. The normalized spacial score (nSPS) is 15.8. The number of rotatable bonds is 5. The number of nitrogens with zero attached hydrogens (tertiary/aromatic N) is 1. The highest BCUT2D eigenvalue weighted by Crippen LogP contribution is 2.32. The Morgan fingerprint density at radius 2 is 1.91 bits per heavy atom. The van der Waals surface area contributed by atoms with Gasteiger partial charge in [0.15, 0.2) is 10.9 Å². The number of carbonyl (C=O) groups is 1. The molecule has 1 aliphatic rings. The van der Waals surface area contributed by atoms with Gasteiger partial charge in [0.05, 0.1) is 5.75 Å². The molecule has 22 heavy (non-hydrogen) atoms. The Labute approximate surface area is 132 Å². The molecule has 0 saturated heterocycles. The fraction of sp³-hybridized carbons (Fsp3) is 0.438. The molecule has 0 bridgehead atoms. The number of H-pyrrole nitrogens is 2. The van der Waals surface area contributed by atoms with Gasteiger partial charge in [-0.3, -0.25) is 9.78 Å². The smallest absolute Gasteiger partial charge is 0.293 e. The van der Waals surface area contributed by atoms with Crippen molar-refractivity contribution < 1.29 is 4.79 Å². The summed E-state index contributed by atoms with van der Waals surface area (Å²) in [6, 6.07) is 8.01. The maximum Gasteiger partial charge on any atom is 0.341 e. The van der Waals surface area contributed by atoms with Crippen LogP contribution in [0.2, 0.25) is 0 Å². The molecular weight excluding hydrogens is 298 g/mol. The van der Waals surface area contributed by atoms with Gasteiger partial charge >= 0.3 is 5.69 Å². The predicted molar refractivity (Wildman–Crippen MR) is 86.5 cm³/mol. The number of aromatic nitrogens is 3. The average molecular weight is 317 g/mol. The molecule has 1 saturated carbocycles. The zero-order valence-corrected chi connectivity index (χ0v) is 13.1. The van der Waals surface area contributed by atoms with Crippen molar-refractivity contribution in [2.45, 2.75) is 43.2 Å². The van der Waals surface area contributed by atoms with Crippen LogP contribution in [-0.2, 0) is 0 Å². The first-order valence-corrected chi connectivity index (χ1v) is 8.61. The highest BCUT2D eigenvalue weighted by molar-refractivity contribution is 7.99. The van der Waals surface area contributed by atoms with Gasteiger partial charge in [-0.15, -0.1) is 5.10 Å². The monoisotopic (exact) mass is 317 g/mol. The van der Waals surface area contributed by atoms with E-state index in [9.17, 15) is 9.59 Å². The van der Waals surface area contributed by atoms with E-state index >= 15 is 0 Å². The van der Waals surface area contributed by atoms with Crippen LogP contribution in [0, 0.1) is 0 Å². The van der Waals surface area contributed by atoms with E-state index < -0.39 is 0 Å². The summed E-state index contributed by atoms with van der Waals surface area (Å²) in [4.78, 5) is 25.6. The van der Waals surface area contributed by atoms with Gasteiger partial charge < -0.3 is 0 Å². The average Bonchev–Trinajstić information content (AvgIpc) is 2.99. The van der Waals surface area contributed by atoms with Crippen molar-refractivity contribution in [2.75, 3.05) is 5.75 Å². The lowest BCUT2D eigenvalue weighted by molar-refractivity contribution is 0.102. The van der Waals surface area contributed by atoms with E-state index in [1.165, 1.54) is 49.4 Å². The van der Waals surface area contributed by atoms with E-state index in [1.54, 1.807) is 0 Å². The highest BCUT2D eigenvalue weighted by atomic mass is 32.2. The molecule has 1 fully saturated rings. The van der Waals surface area contributed by atoms with Crippen LogP contribution in [-0.4, -0.2) is 26.7 Å². The van der Waals surface area contributed by atoms with E-state index in [4.69, 9.17) is 0 Å². The SMILES string of the molecule is O=C(CSc1n[nH]c(=O)[nH]1)c1ccc(C2CCCCC2)cc1. The topological polar surface area (TPSA) is 78.6 Å². The number of ketones is 1. The number of Topliss-reactive ketones (excluding diaryl/α,β-unsaturated/α-hetero) is 1. The molecule has 1 aliphatic carbocycles. The minimum atomic E-state index is -0.355. The van der Waals surface area contributed by atoms with Crippen molar-refractivity contribution in [3.63, 3.8) is 0 Å². The van der Waals surface area contributed by atoms with Crippen LogP contribution in [0.15, 0.2) is 34.2 Å². The first-order valence-electron chi connectivity index (χ1n) is 7.63. The van der Waals surface area contributed by atoms with Crippen molar-refractivity contribution >= 4 is 17.5 Å². The second-order valence-corrected chi connectivity index (χ2v) is 6.62. The zero-order valence-electron chi connectivity index (χ0n) is 12.3. The number of thioether (sulfide) groups is 1. The Hall–Kier alpha value is -1.82. The Morgan fingerprint density at radius 3 is 2.55 bits per heavy atom. The van der Waals surface area contributed by atoms with Crippen LogP contribution in [0.5, 0.6) is 0 Å². The van der Waals surface area contributed by atoms with E-state index in [1.807, 2.05) is 12.1 Å². The number of hydrogen-bond acceptors (Lipinski definition) is 4. The molecule has 1 heterocycles. The highest BCUT2D eigenvalue weighted by Gasteiger charge is 2.16. The lowest BCUT2D eigenvalue weighted by atomic mass is 9.84. The van der Waals surface area contributed by atoms with Gasteiger partial charge in [-0.1, -0.05) is 55.3 Å². The van der Waals surface area contributed by atoms with Crippen molar-refractivity contribution in [3.05, 3.63) is 45.9 Å². The standard InChI is InChI=1S/C16H19N3O2S/c20-14(10-22-16-17-15(21)18-19-16)13-8-6-12(7-9-13)11-4-2-1-3-5-11/h6-9,11H,1-5,10H2,(H2,17,18,19,21). The van der Waals surface area contributed by atoms with E-state index in [-0.39, 0.29) is 17.2 Å². The molecule has 0 atom stereocenters. The summed E-state index contributed by atoms with van der Waals surface area (Å²) < 4.78 is 0. The molecule has 1 aromatic heterocycles. The molecular formula is C16H19N3O2S. The fourth-order valence-electron chi connectivity index (χ4n) is 2.92. The van der Waals surface area contributed by atoms with Crippen molar-refractivity contribution in [2.24, 2.45) is 0 Å². The lowest BCUT2D eigenvalue weighted by Crippen LogP contribution is -2.06. The quantitative estimate of drug-likeness (QED) is 0.656. The van der Waals surface area contributed by atoms with Gasteiger partial charge in [0, 0.05) is 5.56 Å². The molecule has 2 aromatic rings. The van der Waals surface area contributed by atoms with Gasteiger partial charge in [-0.25, -0.2) is 9.89 Å². The number of carbonyl (C=O) groups excluding carboxylic acids is 1. The van der Waals surface area contributed by atoms with Crippen LogP contribution in [0.1, 0.15) is 53.9 Å². The minimum Gasteiger partial charge on any atom is -0.293 e. The second kappa shape index (κ2) is 6.96. The Kier molecular flexibility index (Phi) is 4.77. The maximum absolute atomic E-state index is 12.2. The molecule has 0 spiro atoms. The third-order valence-corrected chi connectivity index (χ3v) is 5.00. The summed E-state index contributed by atoms with van der Waals surface area (Å²) in [6.07, 6.45) is 6.48. The number of hydrogen-bond donors (Lipinski definition) is 2. The Balaban J connectivity index is 1.59. The molecule has 0 unspecified atom stereocenters. The molecule has 6 heteroatoms. The van der Waals surface area contributed by atoms with E-state index in [0.717, 1.165) is 0 Å². The maximum atomic E-state index is 12.2. The summed E-state index contributed by atoms with van der Waals surface area (Å²) in [5.41, 5.74) is 1.71. The van der Waals surface area contributed by atoms with Crippen LogP contribution < -0.4 is 5.69 Å². The van der Waals surface area contributed by atoms with E-state index in [2.05, 4.69) is 27.3 Å². The Bertz CT molecular complexity index is 684. The van der Waals surface area contributed by atoms with Gasteiger partial charge in [-0.05, 0) is 24.3 Å². The first kappa shape index (κ1) is 15.1. The largest absolute Gasteiger partial charge is 0.341 e. The van der Waals surface area contributed by atoms with Crippen LogP contribution in [0.25, 0.3) is 0 Å². The minimum absolute atomic E-state index is 0.0454. The van der Waals surface area contributed by atoms with Crippen molar-refractivity contribution in [3.8, 4) is 0 Å². The van der Waals surface area contributed by atoms with Crippen LogP contribution in [0.3, 0.4) is 0 Å². The predicted octanol–water partition coefficient (Wildman–Crippen LogP) is 3.12. The summed E-state index contributed by atoms with van der Waals surface area (Å²) >= 11 is 1.23. The van der Waals surface area contributed by atoms with Gasteiger partial charge in [-0.2, -0.15) is 0 Å². The molecule has 1 aromatic carbocycles. The van der Waals surface area contributed by atoms with Gasteiger partial charge in [0.1, 0.15) is 0 Å². The van der Waals surface area contributed by atoms with Crippen LogP contribution in [0.4, 0.5) is 0 Å². The number of benzene rings is 1. The third-order valence-electron chi connectivity index (χ3n) is 4.13. The van der Waals surface area contributed by atoms with E-state index in [0.29, 0.717) is 16.6 Å². The van der Waals surface area contributed by atoms with Crippen molar-refractivity contribution in [1.82, 2.24) is 15.2 Å². The summed E-state index contributed by atoms with van der Waals surface area (Å²) in [7, 11) is 0. The Morgan fingerprint density at radius 1 is 1.18 bits per heavy atom. The van der Waals surface area contributed by atoms with Crippen LogP contribution >= 0.6 is 11.8 Å². The van der Waals surface area contributed by atoms with Gasteiger partial charge in [0.2, 0.25) is 0 Å². The lowest BCUT2D eigenvalue weighted by Gasteiger charge is -2.22. The number of nitrogens with one attached hydrogen (secondary N) is 2. The number of aromatic amines is 2. The second-order valence-electron chi connectivity index (χ2n) is 5.65. The molecule has 0 amide bonds. The first-order chi connectivity index (χ1) is 10.7. The fourth-order valence-corrected chi connectivity index (χ4v) is 3.63. The molecule has 116 valence electrons. The molecule has 0 aliphatic heterocycles. The molecule has 5 nitrogen and oxygen atoms in total. The summed E-state index contributed by atoms with van der Waals surface area (Å²) in [5.74, 6) is 0.967. The third kappa shape index (κ3) is 3.68. The van der Waals surface area contributed by atoms with Gasteiger partial charge in [0.25, 0.3) is 0 Å². The summed E-state index contributed by atoms with van der Waals surface area (Å²) in [6.45, 7) is 0. The zero-order chi connectivity index (χ0) is 15.4.